The fourth-order valence-corrected chi connectivity index (χ4v) is 11.3. The van der Waals surface area contributed by atoms with Crippen molar-refractivity contribution < 1.29 is 17.9 Å². The summed E-state index contributed by atoms with van der Waals surface area (Å²) in [6.07, 6.45) is 20.3. The maximum absolute atomic E-state index is 2.40. The van der Waals surface area contributed by atoms with Crippen LogP contribution in [-0.2, 0) is 0 Å². The Morgan fingerprint density at radius 2 is 0.280 bits per heavy atom. The standard InChI is InChI=1S/C13H28N.C12H26N.C11H24N.C10H22N/c1-12(2)14(13(3)4)10-8-6-5-7-9-11-14;1-11(2)13(12(3)4)9-7-5-6-8-10-13;1-10(2)12(11(3)4)8-6-5-7-9-12;1-9(2)11(10(3)4)7-5-6-8-11/h12-13H,5-11H2,1-4H3;11-12H,5-10H2,1-4H3;10-11H,5-9H2,1-4H3;9-10H,5-8H2,1-4H3/q4*+1. The third kappa shape index (κ3) is 13.0. The maximum Gasteiger partial charge on any atom is 0.0835 e. The van der Waals surface area contributed by atoms with Crippen LogP contribution in [0.4, 0.5) is 0 Å². The van der Waals surface area contributed by atoms with Gasteiger partial charge in [0.05, 0.1) is 101 Å². The van der Waals surface area contributed by atoms with Crippen LogP contribution in [0.2, 0.25) is 0 Å². The van der Waals surface area contributed by atoms with E-state index in [2.05, 4.69) is 111 Å². The second-order valence-electron chi connectivity index (χ2n) is 19.9. The largest absolute Gasteiger partial charge is 0.320 e. The molecule has 0 unspecified atom stereocenters. The number of rotatable bonds is 8. The summed E-state index contributed by atoms with van der Waals surface area (Å²) in [5.74, 6) is 0. The van der Waals surface area contributed by atoms with Crippen LogP contribution in [0, 0.1) is 0 Å². The van der Waals surface area contributed by atoms with Crippen LogP contribution in [0.25, 0.3) is 0 Å². The lowest BCUT2D eigenvalue weighted by atomic mass is 10.0. The fourth-order valence-electron chi connectivity index (χ4n) is 11.3. The number of hydrogen-bond donors (Lipinski definition) is 0. The molecule has 0 amide bonds. The molecule has 300 valence electrons. The SMILES string of the molecule is CC(C)[N+]1(C(C)C)CCCC1.CC(C)[N+]1(C(C)C)CCCCC1.CC(C)[N+]1(C(C)C)CCCCCC1.CC(C)[N+]1(C(C)C)CCCCCCC1. The molecule has 0 spiro atoms. The van der Waals surface area contributed by atoms with E-state index in [0.717, 1.165) is 48.3 Å². The van der Waals surface area contributed by atoms with Gasteiger partial charge in [-0.25, -0.2) is 0 Å². The monoisotopic (exact) mass is 709 g/mol. The van der Waals surface area contributed by atoms with Crippen molar-refractivity contribution in [3.8, 4) is 0 Å². The lowest BCUT2D eigenvalue weighted by Gasteiger charge is -2.48. The lowest BCUT2D eigenvalue weighted by Crippen LogP contribution is -2.60. The molecule has 0 aromatic heterocycles. The summed E-state index contributed by atoms with van der Waals surface area (Å²) < 4.78 is 5.44. The van der Waals surface area contributed by atoms with E-state index in [1.807, 2.05) is 0 Å². The summed E-state index contributed by atoms with van der Waals surface area (Å²) in [5.41, 5.74) is 0. The highest BCUT2D eigenvalue weighted by molar-refractivity contribution is 4.63. The minimum absolute atomic E-state index is 0.799. The summed E-state index contributed by atoms with van der Waals surface area (Å²) in [6, 6.07) is 6.46. The zero-order valence-corrected chi connectivity index (χ0v) is 38.0. The van der Waals surface area contributed by atoms with E-state index in [4.69, 9.17) is 0 Å². The molecule has 4 heterocycles. The van der Waals surface area contributed by atoms with Gasteiger partial charge in [0.15, 0.2) is 0 Å². The predicted molar refractivity (Wildman–Crippen MR) is 226 cm³/mol. The molecule has 0 aromatic carbocycles. The Hall–Kier alpha value is -0.160. The molecule has 4 rings (SSSR count). The molecule has 0 N–H and O–H groups in total. The van der Waals surface area contributed by atoms with E-state index in [0.29, 0.717) is 0 Å². The van der Waals surface area contributed by atoms with Crippen molar-refractivity contribution >= 4 is 0 Å². The quantitative estimate of drug-likeness (QED) is 0.220. The second kappa shape index (κ2) is 22.9. The number of likely N-dealkylation sites (tertiary alicyclic amines) is 4. The van der Waals surface area contributed by atoms with Crippen molar-refractivity contribution in [3.63, 3.8) is 0 Å². The molecule has 0 bridgehead atoms. The van der Waals surface area contributed by atoms with Gasteiger partial charge < -0.3 is 17.9 Å². The topological polar surface area (TPSA) is 0 Å². The van der Waals surface area contributed by atoms with Gasteiger partial charge in [-0.05, 0) is 181 Å². The highest BCUT2D eigenvalue weighted by Crippen LogP contribution is 2.29. The summed E-state index contributed by atoms with van der Waals surface area (Å²) in [7, 11) is 0. The van der Waals surface area contributed by atoms with Gasteiger partial charge in [0.2, 0.25) is 0 Å². The van der Waals surface area contributed by atoms with Crippen LogP contribution >= 0.6 is 0 Å². The minimum atomic E-state index is 0.799. The molecule has 50 heavy (non-hydrogen) atoms. The van der Waals surface area contributed by atoms with E-state index in [-0.39, 0.29) is 0 Å². The highest BCUT2D eigenvalue weighted by atomic mass is 15.4. The first kappa shape index (κ1) is 47.9. The minimum Gasteiger partial charge on any atom is -0.320 e. The first-order valence-electron chi connectivity index (χ1n) is 22.8. The van der Waals surface area contributed by atoms with Crippen LogP contribution in [0.5, 0.6) is 0 Å². The van der Waals surface area contributed by atoms with Gasteiger partial charge in [0, 0.05) is 12.8 Å². The Bertz CT molecular complexity index is 786. The van der Waals surface area contributed by atoms with Crippen molar-refractivity contribution in [2.45, 2.75) is 249 Å². The number of hydrogen-bond acceptors (Lipinski definition) is 0. The van der Waals surface area contributed by atoms with Crippen molar-refractivity contribution in [1.29, 1.82) is 0 Å². The Morgan fingerprint density at radius 1 is 0.180 bits per heavy atom. The summed E-state index contributed by atoms with van der Waals surface area (Å²) in [6.45, 7) is 49.5. The Balaban J connectivity index is 0.000000335. The van der Waals surface area contributed by atoms with Gasteiger partial charge in [-0.15, -0.1) is 0 Å². The molecule has 0 saturated carbocycles. The summed E-state index contributed by atoms with van der Waals surface area (Å²) in [4.78, 5) is 0. The lowest BCUT2D eigenvalue weighted by molar-refractivity contribution is -0.970. The van der Waals surface area contributed by atoms with Crippen molar-refractivity contribution in [3.05, 3.63) is 0 Å². The molecule has 4 fully saturated rings. The zero-order chi connectivity index (χ0) is 38.2. The predicted octanol–water partition coefficient (Wildman–Crippen LogP) is 12.0. The molecule has 4 aliphatic rings. The van der Waals surface area contributed by atoms with Gasteiger partial charge in [-0.1, -0.05) is 6.42 Å². The molecule has 0 radical (unpaired) electrons. The molecule has 0 atom stereocenters. The van der Waals surface area contributed by atoms with Crippen LogP contribution in [0.3, 0.4) is 0 Å². The molecule has 4 aliphatic heterocycles. The van der Waals surface area contributed by atoms with Gasteiger partial charge >= 0.3 is 0 Å². The average molecular weight is 709 g/mol. The van der Waals surface area contributed by atoms with Crippen LogP contribution < -0.4 is 0 Å². The van der Waals surface area contributed by atoms with Crippen LogP contribution in [-0.4, -0.2) is 119 Å². The highest BCUT2D eigenvalue weighted by Gasteiger charge is 2.38. The van der Waals surface area contributed by atoms with Gasteiger partial charge in [0.1, 0.15) is 0 Å². The first-order chi connectivity index (χ1) is 23.4. The summed E-state index contributed by atoms with van der Waals surface area (Å²) in [5, 5.41) is 0. The van der Waals surface area contributed by atoms with Gasteiger partial charge in [-0.2, -0.15) is 0 Å². The number of piperidine rings is 1. The Morgan fingerprint density at radius 3 is 0.420 bits per heavy atom. The van der Waals surface area contributed by atoms with Crippen LogP contribution in [0.15, 0.2) is 0 Å². The number of quaternary nitrogens is 4. The van der Waals surface area contributed by atoms with E-state index in [1.165, 1.54) is 160 Å². The average Bonchev–Trinajstić information content (AvgIpc) is 3.41. The second-order valence-corrected chi connectivity index (χ2v) is 19.9. The smallest absolute Gasteiger partial charge is 0.0835 e. The maximum atomic E-state index is 2.40. The molecule has 4 nitrogen and oxygen atoms in total. The molecule has 4 saturated heterocycles. The van der Waals surface area contributed by atoms with Gasteiger partial charge in [0.25, 0.3) is 0 Å². The van der Waals surface area contributed by atoms with Crippen LogP contribution in [0.1, 0.15) is 201 Å². The van der Waals surface area contributed by atoms with Crippen molar-refractivity contribution in [1.82, 2.24) is 0 Å². The number of nitrogens with zero attached hydrogens (tertiary/aromatic N) is 4. The van der Waals surface area contributed by atoms with Crippen molar-refractivity contribution in [2.24, 2.45) is 0 Å². The van der Waals surface area contributed by atoms with E-state index in [1.54, 1.807) is 0 Å². The van der Waals surface area contributed by atoms with E-state index >= 15 is 0 Å². The molecule has 0 aromatic rings. The molecular weight excluding hydrogens is 609 g/mol. The summed E-state index contributed by atoms with van der Waals surface area (Å²) >= 11 is 0. The normalized spacial score (nSPS) is 23.5. The fraction of sp³-hybridized carbons (Fsp3) is 1.00. The van der Waals surface area contributed by atoms with Crippen molar-refractivity contribution in [2.75, 3.05) is 52.4 Å². The van der Waals surface area contributed by atoms with E-state index in [9.17, 15) is 0 Å². The zero-order valence-electron chi connectivity index (χ0n) is 38.0. The molecular formula is C46H100N4+4. The molecule has 4 heteroatoms. The van der Waals surface area contributed by atoms with Gasteiger partial charge in [-0.3, -0.25) is 0 Å². The van der Waals surface area contributed by atoms with E-state index < -0.39 is 0 Å². The Labute approximate surface area is 318 Å². The Kier molecular flexibility index (Phi) is 21.9. The molecule has 0 aliphatic carbocycles. The third-order valence-corrected chi connectivity index (χ3v) is 15.3. The first-order valence-corrected chi connectivity index (χ1v) is 22.8. The third-order valence-electron chi connectivity index (χ3n) is 15.3.